The molecule has 0 N–H and O–H groups in total. The monoisotopic (exact) mass is 344 g/mol. The Morgan fingerprint density at radius 1 is 1.00 bits per heavy atom. The molecule has 23 heavy (non-hydrogen) atoms. The van der Waals surface area contributed by atoms with Gasteiger partial charge in [0.2, 0.25) is 5.16 Å². The van der Waals surface area contributed by atoms with Crippen molar-refractivity contribution in [1.29, 1.82) is 0 Å². The number of hydrogen-bond acceptors (Lipinski definition) is 6. The number of benzene rings is 2. The van der Waals surface area contributed by atoms with E-state index in [1.807, 2.05) is 54.6 Å². The summed E-state index contributed by atoms with van der Waals surface area (Å²) in [5.41, 5.74) is 2.33. The predicted octanol–water partition coefficient (Wildman–Crippen LogP) is 4.42. The van der Waals surface area contributed by atoms with Gasteiger partial charge in [0, 0.05) is 17.3 Å². The number of methoxy groups -OCH3 is 1. The fourth-order valence-corrected chi connectivity index (χ4v) is 3.36. The Hall–Kier alpha value is -2.05. The molecule has 0 radical (unpaired) electrons. The highest BCUT2D eigenvalue weighted by Gasteiger charge is 2.06. The van der Waals surface area contributed by atoms with E-state index < -0.39 is 0 Å². The van der Waals surface area contributed by atoms with E-state index >= 15 is 0 Å². The van der Waals surface area contributed by atoms with Crippen LogP contribution in [-0.4, -0.2) is 16.5 Å². The summed E-state index contributed by atoms with van der Waals surface area (Å²) in [4.78, 5) is 4.40. The van der Waals surface area contributed by atoms with Gasteiger partial charge >= 0.3 is 0 Å². The first-order valence-corrected chi connectivity index (χ1v) is 8.85. The smallest absolute Gasteiger partial charge is 0.294 e. The summed E-state index contributed by atoms with van der Waals surface area (Å²) in [6, 6.07) is 18.0. The molecule has 1 aromatic heterocycles. The summed E-state index contributed by atoms with van der Waals surface area (Å²) < 4.78 is 15.1. The molecule has 2 aromatic carbocycles. The molecular weight excluding hydrogens is 328 g/mol. The number of nitrogens with zero attached hydrogens (tertiary/aromatic N) is 2. The molecule has 0 saturated carbocycles. The maximum Gasteiger partial charge on any atom is 0.294 e. The third-order valence-electron chi connectivity index (χ3n) is 3.12. The molecule has 3 rings (SSSR count). The second-order valence-electron chi connectivity index (χ2n) is 4.75. The van der Waals surface area contributed by atoms with Gasteiger partial charge in [-0.3, -0.25) is 0 Å². The third-order valence-corrected chi connectivity index (χ3v) is 4.78. The van der Waals surface area contributed by atoms with E-state index in [2.05, 4.69) is 9.36 Å². The van der Waals surface area contributed by atoms with Crippen molar-refractivity contribution in [3.05, 3.63) is 65.7 Å². The van der Waals surface area contributed by atoms with Gasteiger partial charge < -0.3 is 9.47 Å². The van der Waals surface area contributed by atoms with Gasteiger partial charge in [-0.25, -0.2) is 0 Å². The maximum absolute atomic E-state index is 5.67. The zero-order valence-electron chi connectivity index (χ0n) is 12.6. The van der Waals surface area contributed by atoms with Gasteiger partial charge in [0.25, 0.3) is 5.19 Å². The Bertz CT molecular complexity index is 730. The van der Waals surface area contributed by atoms with Crippen LogP contribution in [0.4, 0.5) is 0 Å². The quantitative estimate of drug-likeness (QED) is 0.594. The molecule has 0 bridgehead atoms. The molecule has 0 amide bonds. The second kappa shape index (κ2) is 7.99. The van der Waals surface area contributed by atoms with E-state index in [0.29, 0.717) is 11.8 Å². The Kier molecular flexibility index (Phi) is 5.50. The van der Waals surface area contributed by atoms with E-state index in [1.165, 1.54) is 17.1 Å². The van der Waals surface area contributed by atoms with Crippen LogP contribution in [0.5, 0.6) is 10.9 Å². The lowest BCUT2D eigenvalue weighted by molar-refractivity contribution is 0.303. The van der Waals surface area contributed by atoms with E-state index in [4.69, 9.17) is 9.47 Å². The van der Waals surface area contributed by atoms with Crippen LogP contribution in [0, 0.1) is 0 Å². The number of ether oxygens (including phenoxy) is 2. The fourth-order valence-electron chi connectivity index (χ4n) is 1.90. The highest BCUT2D eigenvalue weighted by Crippen LogP contribution is 2.26. The zero-order valence-corrected chi connectivity index (χ0v) is 14.3. The van der Waals surface area contributed by atoms with E-state index in [0.717, 1.165) is 22.2 Å². The molecule has 0 fully saturated rings. The molecule has 0 atom stereocenters. The molecule has 0 saturated heterocycles. The van der Waals surface area contributed by atoms with Gasteiger partial charge in [-0.1, -0.05) is 54.2 Å². The van der Waals surface area contributed by atoms with E-state index in [9.17, 15) is 0 Å². The fraction of sp³-hybridized carbons (Fsp3) is 0.176. The van der Waals surface area contributed by atoms with Crippen LogP contribution in [-0.2, 0) is 12.4 Å². The van der Waals surface area contributed by atoms with E-state index in [-0.39, 0.29) is 0 Å². The summed E-state index contributed by atoms with van der Waals surface area (Å²) in [7, 11) is 1.67. The minimum Gasteiger partial charge on any atom is -0.497 e. The van der Waals surface area contributed by atoms with Crippen LogP contribution in [0.25, 0.3) is 0 Å². The van der Waals surface area contributed by atoms with Gasteiger partial charge in [0.05, 0.1) is 7.11 Å². The summed E-state index contributed by atoms with van der Waals surface area (Å²) in [5, 5.41) is 1.35. The van der Waals surface area contributed by atoms with Gasteiger partial charge in [0.15, 0.2) is 0 Å². The molecule has 4 nitrogen and oxygen atoms in total. The number of aromatic nitrogens is 2. The lowest BCUT2D eigenvalue weighted by Gasteiger charge is -2.02. The van der Waals surface area contributed by atoms with Gasteiger partial charge in [-0.05, 0) is 23.3 Å². The zero-order chi connectivity index (χ0) is 15.9. The van der Waals surface area contributed by atoms with Crippen molar-refractivity contribution in [1.82, 2.24) is 9.36 Å². The number of hydrogen-bond donors (Lipinski definition) is 0. The highest BCUT2D eigenvalue weighted by molar-refractivity contribution is 7.98. The van der Waals surface area contributed by atoms with Crippen LogP contribution in [0.2, 0.25) is 0 Å². The molecular formula is C17H16N2O2S2. The third kappa shape index (κ3) is 4.71. The highest BCUT2D eigenvalue weighted by atomic mass is 32.2. The predicted molar refractivity (Wildman–Crippen MR) is 93.2 cm³/mol. The Morgan fingerprint density at radius 3 is 2.52 bits per heavy atom. The Labute approximate surface area is 143 Å². The van der Waals surface area contributed by atoms with Gasteiger partial charge in [-0.15, -0.1) is 0 Å². The summed E-state index contributed by atoms with van der Waals surface area (Å²) in [6.07, 6.45) is 0. The second-order valence-corrected chi connectivity index (χ2v) is 6.41. The largest absolute Gasteiger partial charge is 0.497 e. The molecule has 0 spiro atoms. The van der Waals surface area contributed by atoms with Crippen LogP contribution >= 0.6 is 23.3 Å². The molecule has 118 valence electrons. The Morgan fingerprint density at radius 2 is 1.78 bits per heavy atom. The lowest BCUT2D eigenvalue weighted by atomic mass is 10.2. The topological polar surface area (TPSA) is 44.2 Å². The molecule has 6 heteroatoms. The maximum atomic E-state index is 5.67. The lowest BCUT2D eigenvalue weighted by Crippen LogP contribution is -1.94. The Balaban J connectivity index is 1.50. The number of thioether (sulfide) groups is 1. The first kappa shape index (κ1) is 15.8. The van der Waals surface area contributed by atoms with Crippen molar-refractivity contribution in [3.8, 4) is 10.9 Å². The SMILES string of the molecule is COc1ccc(CSc2nsc(OCc3ccccc3)n2)cc1. The van der Waals surface area contributed by atoms with Gasteiger partial charge in [0.1, 0.15) is 12.4 Å². The summed E-state index contributed by atoms with van der Waals surface area (Å²) in [5.74, 6) is 1.68. The van der Waals surface area contributed by atoms with Crippen molar-refractivity contribution in [2.45, 2.75) is 17.5 Å². The average molecular weight is 344 g/mol. The molecule has 0 aliphatic heterocycles. The number of rotatable bonds is 7. The first-order chi connectivity index (χ1) is 11.3. The molecule has 3 aromatic rings. The van der Waals surface area contributed by atoms with Gasteiger partial charge in [-0.2, -0.15) is 9.36 Å². The van der Waals surface area contributed by atoms with Crippen molar-refractivity contribution >= 4 is 23.3 Å². The molecule has 0 aliphatic carbocycles. The molecule has 1 heterocycles. The van der Waals surface area contributed by atoms with Crippen LogP contribution < -0.4 is 9.47 Å². The van der Waals surface area contributed by atoms with Crippen molar-refractivity contribution < 1.29 is 9.47 Å². The average Bonchev–Trinajstić information content (AvgIpc) is 3.07. The van der Waals surface area contributed by atoms with Crippen LogP contribution in [0.3, 0.4) is 0 Å². The standard InChI is InChI=1S/C17H16N2O2S2/c1-20-15-9-7-14(8-10-15)12-22-16-18-17(23-19-16)21-11-13-5-3-2-4-6-13/h2-10H,11-12H2,1H3. The van der Waals surface area contributed by atoms with Crippen LogP contribution in [0.1, 0.15) is 11.1 Å². The summed E-state index contributed by atoms with van der Waals surface area (Å²) in [6.45, 7) is 0.513. The van der Waals surface area contributed by atoms with Crippen molar-refractivity contribution in [2.75, 3.05) is 7.11 Å². The minimum atomic E-state index is 0.513. The minimum absolute atomic E-state index is 0.513. The first-order valence-electron chi connectivity index (χ1n) is 7.09. The van der Waals surface area contributed by atoms with Crippen LogP contribution in [0.15, 0.2) is 59.8 Å². The normalized spacial score (nSPS) is 10.5. The van der Waals surface area contributed by atoms with Crippen molar-refractivity contribution in [2.24, 2.45) is 0 Å². The van der Waals surface area contributed by atoms with E-state index in [1.54, 1.807) is 18.9 Å². The molecule has 0 aliphatic rings. The van der Waals surface area contributed by atoms with Crippen molar-refractivity contribution in [3.63, 3.8) is 0 Å². The summed E-state index contributed by atoms with van der Waals surface area (Å²) >= 11 is 2.88. The molecule has 0 unspecified atom stereocenters.